The van der Waals surface area contributed by atoms with Gasteiger partial charge in [-0.1, -0.05) is 11.6 Å². The van der Waals surface area contributed by atoms with Crippen LogP contribution in [-0.2, 0) is 14.3 Å². The number of aromatic nitrogens is 1. The van der Waals surface area contributed by atoms with Crippen molar-refractivity contribution in [3.8, 4) is 0 Å². The van der Waals surface area contributed by atoms with Gasteiger partial charge in [-0.25, -0.2) is 0 Å². The Balaban J connectivity index is 1.86. The highest BCUT2D eigenvalue weighted by atomic mass is 35.5. The molecule has 1 aliphatic carbocycles. The van der Waals surface area contributed by atoms with Crippen LogP contribution in [0, 0.1) is 12.8 Å². The fourth-order valence-electron chi connectivity index (χ4n) is 2.76. The third-order valence-corrected chi connectivity index (χ3v) is 4.90. The molecule has 0 aliphatic heterocycles. The molecule has 0 saturated heterocycles. The van der Waals surface area contributed by atoms with Crippen molar-refractivity contribution in [3.05, 3.63) is 28.5 Å². The van der Waals surface area contributed by atoms with Crippen molar-refractivity contribution in [2.45, 2.75) is 38.6 Å². The first-order valence-electron chi connectivity index (χ1n) is 7.52. The smallest absolute Gasteiger partial charge is 0.264 e. The average molecular weight is 361 g/mol. The van der Waals surface area contributed by atoms with E-state index in [1.807, 2.05) is 0 Å². The van der Waals surface area contributed by atoms with Crippen LogP contribution in [0.15, 0.2) is 12.3 Å². The summed E-state index contributed by atoms with van der Waals surface area (Å²) in [6.45, 7) is 1.97. The van der Waals surface area contributed by atoms with Crippen molar-refractivity contribution in [1.82, 2.24) is 10.3 Å². The Morgan fingerprint density at radius 1 is 1.39 bits per heavy atom. The van der Waals surface area contributed by atoms with Crippen molar-refractivity contribution >= 4 is 27.6 Å². The highest BCUT2D eigenvalue weighted by molar-refractivity contribution is 7.85. The van der Waals surface area contributed by atoms with Gasteiger partial charge in [-0.3, -0.25) is 14.0 Å². The summed E-state index contributed by atoms with van der Waals surface area (Å²) in [4.78, 5) is 16.4. The lowest BCUT2D eigenvalue weighted by molar-refractivity contribution is 0.0916. The largest absolute Gasteiger partial charge is 0.349 e. The lowest BCUT2D eigenvalue weighted by atomic mass is 9.86. The summed E-state index contributed by atoms with van der Waals surface area (Å²) in [6.07, 6.45) is 5.85. The van der Waals surface area contributed by atoms with Crippen molar-refractivity contribution in [2.24, 2.45) is 5.92 Å². The van der Waals surface area contributed by atoms with E-state index in [1.165, 1.54) is 0 Å². The van der Waals surface area contributed by atoms with Gasteiger partial charge in [-0.05, 0) is 44.6 Å². The van der Waals surface area contributed by atoms with Crippen LogP contribution in [0.25, 0.3) is 0 Å². The number of halogens is 1. The Labute approximate surface area is 141 Å². The van der Waals surface area contributed by atoms with Gasteiger partial charge in [0.05, 0.1) is 29.1 Å². The second-order valence-corrected chi connectivity index (χ2v) is 7.98. The highest BCUT2D eigenvalue weighted by Gasteiger charge is 2.25. The van der Waals surface area contributed by atoms with Crippen LogP contribution in [-0.4, -0.2) is 38.2 Å². The number of nitrogens with zero attached hydrogens (tertiary/aromatic N) is 1. The normalized spacial score (nSPS) is 21.9. The van der Waals surface area contributed by atoms with Gasteiger partial charge in [0.15, 0.2) is 0 Å². The van der Waals surface area contributed by atoms with Gasteiger partial charge in [-0.2, -0.15) is 8.42 Å². The number of carbonyl (C=O) groups excluding carboxylic acids is 1. The molecule has 1 N–H and O–H groups in total. The summed E-state index contributed by atoms with van der Waals surface area (Å²) < 4.78 is 26.9. The highest BCUT2D eigenvalue weighted by Crippen LogP contribution is 2.26. The Morgan fingerprint density at radius 2 is 2.04 bits per heavy atom. The van der Waals surface area contributed by atoms with Crippen LogP contribution in [0.1, 0.15) is 41.7 Å². The summed E-state index contributed by atoms with van der Waals surface area (Å²) in [6, 6.07) is 1.66. The molecule has 0 spiro atoms. The molecule has 0 radical (unpaired) electrons. The summed E-state index contributed by atoms with van der Waals surface area (Å²) >= 11 is 6.07. The van der Waals surface area contributed by atoms with Crippen LogP contribution in [0.5, 0.6) is 0 Å². The van der Waals surface area contributed by atoms with E-state index in [0.717, 1.165) is 31.9 Å². The van der Waals surface area contributed by atoms with Crippen LogP contribution in [0.4, 0.5) is 0 Å². The molecular weight excluding hydrogens is 340 g/mol. The Morgan fingerprint density at radius 3 is 2.61 bits per heavy atom. The van der Waals surface area contributed by atoms with Gasteiger partial charge in [0.2, 0.25) is 0 Å². The molecule has 0 unspecified atom stereocenters. The minimum absolute atomic E-state index is 0.0626. The maximum Gasteiger partial charge on any atom is 0.264 e. The number of amides is 1. The number of hydrogen-bond acceptors (Lipinski definition) is 5. The van der Waals surface area contributed by atoms with E-state index in [-0.39, 0.29) is 24.5 Å². The fourth-order valence-corrected chi connectivity index (χ4v) is 3.48. The zero-order valence-electron chi connectivity index (χ0n) is 13.2. The van der Waals surface area contributed by atoms with Crippen molar-refractivity contribution in [2.75, 3.05) is 12.9 Å². The Hall–Kier alpha value is -1.18. The minimum Gasteiger partial charge on any atom is -0.349 e. The molecule has 0 bridgehead atoms. The topological polar surface area (TPSA) is 85.4 Å². The number of hydrogen-bond donors (Lipinski definition) is 1. The molecule has 1 saturated carbocycles. The predicted molar refractivity (Wildman–Crippen MR) is 88.0 cm³/mol. The monoisotopic (exact) mass is 360 g/mol. The predicted octanol–water partition coefficient (Wildman–Crippen LogP) is 2.31. The van der Waals surface area contributed by atoms with E-state index in [0.29, 0.717) is 16.3 Å². The first kappa shape index (κ1) is 18.2. The third kappa shape index (κ3) is 5.44. The first-order valence-corrected chi connectivity index (χ1v) is 9.72. The number of carbonyl (C=O) groups is 1. The quantitative estimate of drug-likeness (QED) is 0.814. The summed E-state index contributed by atoms with van der Waals surface area (Å²) in [7, 11) is -3.39. The molecule has 2 rings (SSSR count). The molecule has 1 aliphatic rings. The number of pyridine rings is 1. The van der Waals surface area contributed by atoms with Crippen LogP contribution < -0.4 is 5.32 Å². The lowest BCUT2D eigenvalue weighted by Crippen LogP contribution is -2.38. The first-order chi connectivity index (χ1) is 10.8. The van der Waals surface area contributed by atoms with E-state index >= 15 is 0 Å². The summed E-state index contributed by atoms with van der Waals surface area (Å²) in [5.74, 6) is -0.00182. The minimum atomic E-state index is -3.39. The molecule has 0 atom stereocenters. The second kappa shape index (κ2) is 7.59. The van der Waals surface area contributed by atoms with Crippen molar-refractivity contribution < 1.29 is 17.4 Å². The SMILES string of the molecule is Cc1nccc(Cl)c1C(=O)N[C@H]1CC[C@H](COS(C)(=O)=O)CC1. The second-order valence-electron chi connectivity index (χ2n) is 5.93. The van der Waals surface area contributed by atoms with E-state index in [4.69, 9.17) is 15.8 Å². The number of aryl methyl sites for hydroxylation is 1. The van der Waals surface area contributed by atoms with E-state index in [2.05, 4.69) is 10.3 Å². The average Bonchev–Trinajstić information content (AvgIpc) is 2.45. The molecule has 6 nitrogen and oxygen atoms in total. The van der Waals surface area contributed by atoms with Gasteiger partial charge < -0.3 is 5.32 Å². The standard InChI is InChI=1S/C15H21ClN2O4S/c1-10-14(13(16)7-8-17-10)15(19)18-12-5-3-11(4-6-12)9-22-23(2,20)21/h7-8,11-12H,3-6,9H2,1-2H3,(H,18,19)/t11-,12-. The summed E-state index contributed by atoms with van der Waals surface area (Å²) in [5, 5.41) is 3.38. The van der Waals surface area contributed by atoms with E-state index in [1.54, 1.807) is 19.2 Å². The third-order valence-electron chi connectivity index (χ3n) is 4.02. The molecule has 1 aromatic rings. The van der Waals surface area contributed by atoms with Gasteiger partial charge in [0.1, 0.15) is 0 Å². The molecule has 1 amide bonds. The van der Waals surface area contributed by atoms with Crippen LogP contribution in [0.2, 0.25) is 5.02 Å². The molecular formula is C15H21ClN2O4S. The molecule has 23 heavy (non-hydrogen) atoms. The summed E-state index contributed by atoms with van der Waals surface area (Å²) in [5.41, 5.74) is 1.02. The van der Waals surface area contributed by atoms with Gasteiger partial charge in [0, 0.05) is 12.2 Å². The van der Waals surface area contributed by atoms with Crippen molar-refractivity contribution in [3.63, 3.8) is 0 Å². The lowest BCUT2D eigenvalue weighted by Gasteiger charge is -2.28. The van der Waals surface area contributed by atoms with Crippen LogP contribution >= 0.6 is 11.6 Å². The molecule has 128 valence electrons. The molecule has 0 aromatic carbocycles. The fraction of sp³-hybridized carbons (Fsp3) is 0.600. The van der Waals surface area contributed by atoms with Crippen molar-refractivity contribution in [1.29, 1.82) is 0 Å². The van der Waals surface area contributed by atoms with E-state index in [9.17, 15) is 13.2 Å². The maximum atomic E-state index is 12.4. The zero-order chi connectivity index (χ0) is 17.0. The maximum absolute atomic E-state index is 12.4. The number of rotatable bonds is 5. The Kier molecular flexibility index (Phi) is 6.00. The van der Waals surface area contributed by atoms with E-state index < -0.39 is 10.1 Å². The van der Waals surface area contributed by atoms with Gasteiger partial charge in [-0.15, -0.1) is 0 Å². The molecule has 1 heterocycles. The molecule has 8 heteroatoms. The van der Waals surface area contributed by atoms with Crippen LogP contribution in [0.3, 0.4) is 0 Å². The molecule has 1 aromatic heterocycles. The van der Waals surface area contributed by atoms with Gasteiger partial charge in [0.25, 0.3) is 16.0 Å². The zero-order valence-corrected chi connectivity index (χ0v) is 14.8. The number of nitrogens with one attached hydrogen (secondary N) is 1. The molecule has 1 fully saturated rings. The Bertz CT molecular complexity index is 650. The van der Waals surface area contributed by atoms with Gasteiger partial charge >= 0.3 is 0 Å².